The average molecular weight is 236 g/mol. The standard InChI is InChI=1S/C15H28N2/c1-14(2)7-5-3-4-6-12-17-13-15(8-9-15)10-11-16/h14,17H,3-10,12-13H2,1-2H3. The Morgan fingerprint density at radius 1 is 1.18 bits per heavy atom. The Bertz CT molecular complexity index is 236. The molecule has 1 aliphatic carbocycles. The first-order chi connectivity index (χ1) is 8.18. The molecule has 1 aliphatic rings. The van der Waals surface area contributed by atoms with Crippen LogP contribution in [-0.2, 0) is 0 Å². The number of hydrogen-bond donors (Lipinski definition) is 1. The quantitative estimate of drug-likeness (QED) is 0.584. The van der Waals surface area contributed by atoms with Crippen molar-refractivity contribution in [3.8, 4) is 6.07 Å². The van der Waals surface area contributed by atoms with Crippen LogP contribution in [0.25, 0.3) is 0 Å². The molecular weight excluding hydrogens is 208 g/mol. The largest absolute Gasteiger partial charge is 0.316 e. The van der Waals surface area contributed by atoms with Gasteiger partial charge in [0.15, 0.2) is 0 Å². The van der Waals surface area contributed by atoms with E-state index >= 15 is 0 Å². The summed E-state index contributed by atoms with van der Waals surface area (Å²) in [4.78, 5) is 0. The number of nitrogens with one attached hydrogen (secondary N) is 1. The van der Waals surface area contributed by atoms with Gasteiger partial charge >= 0.3 is 0 Å². The van der Waals surface area contributed by atoms with Crippen molar-refractivity contribution in [2.45, 2.75) is 65.2 Å². The topological polar surface area (TPSA) is 35.8 Å². The van der Waals surface area contributed by atoms with Crippen molar-refractivity contribution in [3.63, 3.8) is 0 Å². The van der Waals surface area contributed by atoms with Crippen molar-refractivity contribution < 1.29 is 0 Å². The van der Waals surface area contributed by atoms with E-state index in [4.69, 9.17) is 5.26 Å². The van der Waals surface area contributed by atoms with Crippen LogP contribution in [0, 0.1) is 22.7 Å². The molecule has 1 N–H and O–H groups in total. The molecule has 17 heavy (non-hydrogen) atoms. The van der Waals surface area contributed by atoms with Crippen LogP contribution in [0.2, 0.25) is 0 Å². The van der Waals surface area contributed by atoms with Crippen molar-refractivity contribution >= 4 is 0 Å². The molecule has 0 aliphatic heterocycles. The maximum Gasteiger partial charge on any atom is 0.0628 e. The third-order valence-corrected chi connectivity index (χ3v) is 3.80. The summed E-state index contributed by atoms with van der Waals surface area (Å²) in [5, 5.41) is 12.2. The van der Waals surface area contributed by atoms with E-state index < -0.39 is 0 Å². The van der Waals surface area contributed by atoms with Crippen molar-refractivity contribution in [3.05, 3.63) is 0 Å². The molecule has 0 aromatic heterocycles. The summed E-state index contributed by atoms with van der Waals surface area (Å²) in [5.74, 6) is 0.855. The monoisotopic (exact) mass is 236 g/mol. The van der Waals surface area contributed by atoms with E-state index in [1.165, 1.54) is 44.9 Å². The van der Waals surface area contributed by atoms with Crippen LogP contribution in [0.15, 0.2) is 0 Å². The van der Waals surface area contributed by atoms with E-state index in [0.29, 0.717) is 5.41 Å². The maximum absolute atomic E-state index is 8.71. The van der Waals surface area contributed by atoms with Gasteiger partial charge in [-0.3, -0.25) is 0 Å². The molecule has 0 atom stereocenters. The van der Waals surface area contributed by atoms with Crippen LogP contribution < -0.4 is 5.32 Å². The predicted octanol–water partition coefficient (Wildman–Crippen LogP) is 3.88. The lowest BCUT2D eigenvalue weighted by Crippen LogP contribution is -2.24. The number of unbranched alkanes of at least 4 members (excludes halogenated alkanes) is 3. The minimum atomic E-state index is 0.367. The fourth-order valence-electron chi connectivity index (χ4n) is 2.27. The van der Waals surface area contributed by atoms with Gasteiger partial charge in [-0.05, 0) is 37.1 Å². The van der Waals surface area contributed by atoms with Crippen LogP contribution in [0.3, 0.4) is 0 Å². The summed E-state index contributed by atoms with van der Waals surface area (Å²) >= 11 is 0. The lowest BCUT2D eigenvalue weighted by Gasteiger charge is -2.12. The summed E-state index contributed by atoms with van der Waals surface area (Å²) in [6.45, 7) is 6.79. The molecule has 0 radical (unpaired) electrons. The summed E-state index contributed by atoms with van der Waals surface area (Å²) in [5.41, 5.74) is 0.367. The van der Waals surface area contributed by atoms with Gasteiger partial charge in [-0.1, -0.05) is 39.5 Å². The Kier molecular flexibility index (Phi) is 6.58. The zero-order valence-electron chi connectivity index (χ0n) is 11.6. The van der Waals surface area contributed by atoms with E-state index in [1.807, 2.05) is 0 Å². The first-order valence-corrected chi connectivity index (χ1v) is 7.26. The second-order valence-electron chi connectivity index (χ2n) is 6.11. The van der Waals surface area contributed by atoms with E-state index in [-0.39, 0.29) is 0 Å². The van der Waals surface area contributed by atoms with Crippen molar-refractivity contribution in [1.29, 1.82) is 5.26 Å². The van der Waals surface area contributed by atoms with Gasteiger partial charge in [-0.2, -0.15) is 5.26 Å². The van der Waals surface area contributed by atoms with Gasteiger partial charge in [0.1, 0.15) is 0 Å². The molecule has 0 saturated heterocycles. The molecule has 2 heteroatoms. The first kappa shape index (κ1) is 14.5. The van der Waals surface area contributed by atoms with Crippen molar-refractivity contribution in [2.24, 2.45) is 11.3 Å². The Hall–Kier alpha value is -0.550. The second-order valence-corrected chi connectivity index (χ2v) is 6.11. The van der Waals surface area contributed by atoms with Crippen molar-refractivity contribution in [1.82, 2.24) is 5.32 Å². The van der Waals surface area contributed by atoms with Gasteiger partial charge in [0.05, 0.1) is 6.07 Å². The highest BCUT2D eigenvalue weighted by molar-refractivity contribution is 5.00. The van der Waals surface area contributed by atoms with Crippen molar-refractivity contribution in [2.75, 3.05) is 13.1 Å². The molecule has 1 fully saturated rings. The molecule has 0 bridgehead atoms. The van der Waals surface area contributed by atoms with Crippen LogP contribution in [0.5, 0.6) is 0 Å². The van der Waals surface area contributed by atoms with E-state index in [1.54, 1.807) is 0 Å². The molecule has 2 nitrogen and oxygen atoms in total. The molecule has 0 unspecified atom stereocenters. The van der Waals surface area contributed by atoms with Gasteiger partial charge in [0.2, 0.25) is 0 Å². The lowest BCUT2D eigenvalue weighted by molar-refractivity contribution is 0.454. The third-order valence-electron chi connectivity index (χ3n) is 3.80. The highest BCUT2D eigenvalue weighted by atomic mass is 14.9. The second kappa shape index (κ2) is 7.71. The highest BCUT2D eigenvalue weighted by Crippen LogP contribution is 2.47. The molecule has 1 saturated carbocycles. The molecule has 0 aromatic carbocycles. The fourth-order valence-corrected chi connectivity index (χ4v) is 2.27. The Balaban J connectivity index is 1.84. The number of rotatable bonds is 10. The lowest BCUT2D eigenvalue weighted by atomic mass is 10.0. The Labute approximate surface area is 107 Å². The van der Waals surface area contributed by atoms with Gasteiger partial charge in [-0.15, -0.1) is 0 Å². The summed E-state index contributed by atoms with van der Waals surface area (Å²) in [6.07, 6.45) is 10.0. The smallest absolute Gasteiger partial charge is 0.0628 e. The minimum Gasteiger partial charge on any atom is -0.316 e. The van der Waals surface area contributed by atoms with Gasteiger partial charge in [0, 0.05) is 13.0 Å². The van der Waals surface area contributed by atoms with Crippen LogP contribution in [0.1, 0.15) is 65.2 Å². The number of nitrogens with zero attached hydrogens (tertiary/aromatic N) is 1. The summed E-state index contributed by atoms with van der Waals surface area (Å²) in [7, 11) is 0. The zero-order chi connectivity index (χ0) is 12.6. The first-order valence-electron chi connectivity index (χ1n) is 7.26. The van der Waals surface area contributed by atoms with Gasteiger partial charge < -0.3 is 5.32 Å². The summed E-state index contributed by atoms with van der Waals surface area (Å²) < 4.78 is 0. The molecular formula is C15H28N2. The molecule has 0 aromatic rings. The van der Waals surface area contributed by atoms with Crippen LogP contribution in [0.4, 0.5) is 0 Å². The zero-order valence-corrected chi connectivity index (χ0v) is 11.6. The van der Waals surface area contributed by atoms with E-state index in [0.717, 1.165) is 25.4 Å². The number of nitriles is 1. The highest BCUT2D eigenvalue weighted by Gasteiger charge is 2.41. The maximum atomic E-state index is 8.71. The number of hydrogen-bond acceptors (Lipinski definition) is 2. The van der Waals surface area contributed by atoms with Gasteiger partial charge in [-0.25, -0.2) is 0 Å². The third kappa shape index (κ3) is 6.68. The van der Waals surface area contributed by atoms with Gasteiger partial charge in [0.25, 0.3) is 0 Å². The average Bonchev–Trinajstić information content (AvgIpc) is 3.02. The van der Waals surface area contributed by atoms with Crippen LogP contribution in [-0.4, -0.2) is 13.1 Å². The SMILES string of the molecule is CC(C)CCCCCCNCC1(CC#N)CC1. The normalized spacial score (nSPS) is 17.1. The summed E-state index contributed by atoms with van der Waals surface area (Å²) in [6, 6.07) is 2.31. The predicted molar refractivity (Wildman–Crippen MR) is 72.7 cm³/mol. The van der Waals surface area contributed by atoms with Crippen LogP contribution >= 0.6 is 0 Å². The van der Waals surface area contributed by atoms with E-state index in [9.17, 15) is 0 Å². The Morgan fingerprint density at radius 2 is 1.88 bits per heavy atom. The minimum absolute atomic E-state index is 0.367. The molecule has 1 rings (SSSR count). The molecule has 0 heterocycles. The molecule has 0 spiro atoms. The van der Waals surface area contributed by atoms with E-state index in [2.05, 4.69) is 25.2 Å². The Morgan fingerprint density at radius 3 is 2.47 bits per heavy atom. The molecule has 98 valence electrons. The fraction of sp³-hybridized carbons (Fsp3) is 0.933. The molecule has 0 amide bonds.